The molecule has 0 aromatic heterocycles. The summed E-state index contributed by atoms with van der Waals surface area (Å²) in [6, 6.07) is 0. The molecule has 1 rings (SSSR count). The average Bonchev–Trinajstić information content (AvgIpc) is 2.21. The van der Waals surface area contributed by atoms with Crippen molar-refractivity contribution >= 4 is 0 Å². The van der Waals surface area contributed by atoms with E-state index in [1.165, 1.54) is 0 Å². The predicted octanol–water partition coefficient (Wildman–Crippen LogP) is -2.12. The lowest BCUT2D eigenvalue weighted by molar-refractivity contribution is 0.0243. The van der Waals surface area contributed by atoms with E-state index in [0.717, 1.165) is 26.3 Å². The zero-order valence-corrected chi connectivity index (χ0v) is 8.32. The molecular formula is C8H20N2O4. The van der Waals surface area contributed by atoms with Gasteiger partial charge in [-0.2, -0.15) is 0 Å². The Morgan fingerprint density at radius 1 is 1.43 bits per heavy atom. The van der Waals surface area contributed by atoms with Crippen molar-refractivity contribution in [3.63, 3.8) is 0 Å². The van der Waals surface area contributed by atoms with Gasteiger partial charge in [0.1, 0.15) is 6.23 Å². The van der Waals surface area contributed by atoms with Gasteiger partial charge in [0, 0.05) is 13.1 Å². The third kappa shape index (κ3) is 11.8. The lowest BCUT2D eigenvalue weighted by Gasteiger charge is -2.10. The van der Waals surface area contributed by atoms with Crippen molar-refractivity contribution in [2.45, 2.75) is 6.23 Å². The number of aliphatic hydroxyl groups is 2. The lowest BCUT2D eigenvalue weighted by Crippen LogP contribution is -2.30. The number of aliphatic hydroxyl groups excluding tert-OH is 2. The van der Waals surface area contributed by atoms with Gasteiger partial charge in [0.2, 0.25) is 0 Å². The van der Waals surface area contributed by atoms with Gasteiger partial charge >= 0.3 is 0 Å². The summed E-state index contributed by atoms with van der Waals surface area (Å²) in [4.78, 5) is 0. The second-order valence-electron chi connectivity index (χ2n) is 2.73. The van der Waals surface area contributed by atoms with E-state index < -0.39 is 6.23 Å². The van der Waals surface area contributed by atoms with Gasteiger partial charge in [0.05, 0.1) is 33.0 Å². The molecule has 1 unspecified atom stereocenters. The molecule has 1 fully saturated rings. The summed E-state index contributed by atoms with van der Waals surface area (Å²) in [5.74, 6) is 0. The number of ether oxygens (including phenoxy) is 2. The van der Waals surface area contributed by atoms with Crippen molar-refractivity contribution in [1.29, 1.82) is 0 Å². The van der Waals surface area contributed by atoms with E-state index in [0.29, 0.717) is 0 Å². The fourth-order valence-electron chi connectivity index (χ4n) is 0.784. The van der Waals surface area contributed by atoms with Crippen LogP contribution in [0, 0.1) is 0 Å². The highest BCUT2D eigenvalue weighted by atomic mass is 16.5. The molecular weight excluding hydrogens is 188 g/mol. The van der Waals surface area contributed by atoms with E-state index >= 15 is 0 Å². The molecule has 1 saturated heterocycles. The Morgan fingerprint density at radius 2 is 2.07 bits per heavy atom. The van der Waals surface area contributed by atoms with Crippen LogP contribution in [0.2, 0.25) is 0 Å². The van der Waals surface area contributed by atoms with Crippen molar-refractivity contribution in [3.05, 3.63) is 0 Å². The molecule has 0 radical (unpaired) electrons. The topological polar surface area (TPSA) is 97.0 Å². The van der Waals surface area contributed by atoms with Gasteiger partial charge in [-0.25, -0.2) is 0 Å². The first-order valence-electron chi connectivity index (χ1n) is 4.68. The third-order valence-electron chi connectivity index (χ3n) is 1.37. The monoisotopic (exact) mass is 208 g/mol. The molecule has 0 bridgehead atoms. The van der Waals surface area contributed by atoms with Crippen LogP contribution in [0.5, 0.6) is 0 Å². The number of nitrogens with one attached hydrogen (secondary N) is 1. The minimum Gasteiger partial charge on any atom is -0.394 e. The van der Waals surface area contributed by atoms with Crippen molar-refractivity contribution < 1.29 is 19.7 Å². The summed E-state index contributed by atoms with van der Waals surface area (Å²) in [6.07, 6.45) is -0.929. The maximum atomic E-state index is 8.35. The average molecular weight is 208 g/mol. The van der Waals surface area contributed by atoms with Gasteiger partial charge < -0.3 is 30.7 Å². The highest BCUT2D eigenvalue weighted by Gasteiger charge is 1.93. The lowest BCUT2D eigenvalue weighted by atomic mass is 10.5. The first kappa shape index (κ1) is 13.8. The molecule has 0 spiro atoms. The zero-order chi connectivity index (χ0) is 10.6. The molecule has 86 valence electrons. The summed E-state index contributed by atoms with van der Waals surface area (Å²) in [7, 11) is 0. The van der Waals surface area contributed by atoms with Crippen LogP contribution in [0.1, 0.15) is 0 Å². The number of hydrogen-bond acceptors (Lipinski definition) is 6. The Hall–Kier alpha value is -0.240. The summed E-state index contributed by atoms with van der Waals surface area (Å²) >= 11 is 0. The van der Waals surface area contributed by atoms with E-state index in [9.17, 15) is 0 Å². The predicted molar refractivity (Wildman–Crippen MR) is 51.8 cm³/mol. The highest BCUT2D eigenvalue weighted by Crippen LogP contribution is 1.76. The van der Waals surface area contributed by atoms with E-state index in [4.69, 9.17) is 20.7 Å². The van der Waals surface area contributed by atoms with Crippen molar-refractivity contribution in [2.75, 3.05) is 46.1 Å². The molecule has 6 nitrogen and oxygen atoms in total. The molecule has 1 aliphatic heterocycles. The minimum absolute atomic E-state index is 0.0350. The van der Waals surface area contributed by atoms with Crippen LogP contribution in [-0.4, -0.2) is 62.6 Å². The van der Waals surface area contributed by atoms with Crippen LogP contribution in [0.25, 0.3) is 0 Å². The maximum Gasteiger partial charge on any atom is 0.126 e. The van der Waals surface area contributed by atoms with Crippen LogP contribution in [0.3, 0.4) is 0 Å². The molecule has 1 atom stereocenters. The normalized spacial score (nSPS) is 18.2. The maximum absolute atomic E-state index is 8.35. The molecule has 14 heavy (non-hydrogen) atoms. The van der Waals surface area contributed by atoms with Crippen molar-refractivity contribution in [1.82, 2.24) is 5.32 Å². The smallest absolute Gasteiger partial charge is 0.126 e. The second-order valence-corrected chi connectivity index (χ2v) is 2.73. The van der Waals surface area contributed by atoms with Crippen LogP contribution < -0.4 is 11.1 Å². The summed E-state index contributed by atoms with van der Waals surface area (Å²) in [6.45, 7) is 4.11. The van der Waals surface area contributed by atoms with Gasteiger partial charge in [-0.1, -0.05) is 0 Å². The summed E-state index contributed by atoms with van der Waals surface area (Å²) in [5.41, 5.74) is 4.88. The van der Waals surface area contributed by atoms with Crippen LogP contribution in [0.4, 0.5) is 0 Å². The van der Waals surface area contributed by atoms with Crippen LogP contribution in [-0.2, 0) is 9.47 Å². The molecule has 1 aliphatic rings. The van der Waals surface area contributed by atoms with Gasteiger partial charge in [0.25, 0.3) is 0 Å². The third-order valence-corrected chi connectivity index (χ3v) is 1.37. The first-order chi connectivity index (χ1) is 6.77. The SMILES string of the molecule is C1COCCN1.NC(O)COCCO. The van der Waals surface area contributed by atoms with Gasteiger partial charge in [-0.15, -0.1) is 0 Å². The molecule has 0 aromatic carbocycles. The molecule has 0 aromatic rings. The Labute approximate surface area is 84.0 Å². The zero-order valence-electron chi connectivity index (χ0n) is 8.32. The number of hydrogen-bond donors (Lipinski definition) is 4. The molecule has 0 aliphatic carbocycles. The van der Waals surface area contributed by atoms with Crippen LogP contribution >= 0.6 is 0 Å². The Balaban J connectivity index is 0.000000249. The summed E-state index contributed by atoms with van der Waals surface area (Å²) in [5, 5.41) is 19.6. The quantitative estimate of drug-likeness (QED) is 0.311. The largest absolute Gasteiger partial charge is 0.394 e. The Kier molecular flexibility index (Phi) is 10.7. The van der Waals surface area contributed by atoms with Crippen LogP contribution in [0.15, 0.2) is 0 Å². The fourth-order valence-corrected chi connectivity index (χ4v) is 0.784. The molecule has 0 saturated carbocycles. The number of rotatable bonds is 4. The van der Waals surface area contributed by atoms with E-state index in [2.05, 4.69) is 10.1 Å². The van der Waals surface area contributed by atoms with Gasteiger partial charge in [-0.3, -0.25) is 0 Å². The summed E-state index contributed by atoms with van der Waals surface area (Å²) < 4.78 is 9.63. The fraction of sp³-hybridized carbons (Fsp3) is 1.00. The molecule has 6 heteroatoms. The highest BCUT2D eigenvalue weighted by molar-refractivity contribution is 4.49. The number of morpholine rings is 1. The van der Waals surface area contributed by atoms with E-state index in [1.54, 1.807) is 0 Å². The van der Waals surface area contributed by atoms with E-state index in [1.807, 2.05) is 0 Å². The second kappa shape index (κ2) is 10.8. The first-order valence-corrected chi connectivity index (χ1v) is 4.68. The van der Waals surface area contributed by atoms with Crippen molar-refractivity contribution in [3.8, 4) is 0 Å². The van der Waals surface area contributed by atoms with Gasteiger partial charge in [0.15, 0.2) is 0 Å². The number of nitrogens with two attached hydrogens (primary N) is 1. The molecule has 1 heterocycles. The Bertz CT molecular complexity index is 98.0. The van der Waals surface area contributed by atoms with Gasteiger partial charge in [-0.05, 0) is 0 Å². The standard InChI is InChI=1S/C4H11NO3.C4H9NO/c5-4(7)3-8-2-1-6;1-3-6-4-2-5-1/h4,6-7H,1-3,5H2;5H,1-4H2. The minimum atomic E-state index is -0.929. The Morgan fingerprint density at radius 3 is 2.36 bits per heavy atom. The van der Waals surface area contributed by atoms with E-state index in [-0.39, 0.29) is 19.8 Å². The van der Waals surface area contributed by atoms with Crippen molar-refractivity contribution in [2.24, 2.45) is 5.73 Å². The molecule has 0 amide bonds. The molecule has 5 N–H and O–H groups in total.